The lowest BCUT2D eigenvalue weighted by atomic mass is 10.3. The van der Waals surface area contributed by atoms with Crippen molar-refractivity contribution in [2.45, 2.75) is 0 Å². The Balaban J connectivity index is 1.72. The monoisotopic (exact) mass is 338 g/mol. The lowest BCUT2D eigenvalue weighted by molar-refractivity contribution is -0.122. The third-order valence-electron chi connectivity index (χ3n) is 3.73. The number of hydrogen-bond acceptors (Lipinski definition) is 4. The van der Waals surface area contributed by atoms with Crippen LogP contribution in [-0.2, 0) is 9.53 Å². The number of anilines is 1. The fourth-order valence-electron chi connectivity index (χ4n) is 2.43. The summed E-state index contributed by atoms with van der Waals surface area (Å²) in [5, 5.41) is 5.45. The molecule has 1 fully saturated rings. The van der Waals surface area contributed by atoms with Gasteiger partial charge in [0.15, 0.2) is 0 Å². The molecule has 1 saturated heterocycles. The highest BCUT2D eigenvalue weighted by Crippen LogP contribution is 2.11. The Hall–Kier alpha value is -2.19. The Kier molecular flexibility index (Phi) is 6.95. The van der Waals surface area contributed by atoms with E-state index in [1.807, 2.05) is 4.90 Å². The molecule has 7 nitrogen and oxygen atoms in total. The summed E-state index contributed by atoms with van der Waals surface area (Å²) in [5.74, 6) is -0.443. The molecule has 0 aromatic heterocycles. The van der Waals surface area contributed by atoms with E-state index >= 15 is 0 Å². The SMILES string of the molecule is COCCNC(=O)CN1CCN(C(=O)Nc2cccc(F)c2)CC1. The van der Waals surface area contributed by atoms with E-state index in [-0.39, 0.29) is 11.9 Å². The maximum absolute atomic E-state index is 13.1. The maximum Gasteiger partial charge on any atom is 0.321 e. The number of carbonyl (C=O) groups is 2. The number of nitrogens with zero attached hydrogens (tertiary/aromatic N) is 2. The van der Waals surface area contributed by atoms with Crippen LogP contribution in [0.2, 0.25) is 0 Å². The van der Waals surface area contributed by atoms with Crippen molar-refractivity contribution >= 4 is 17.6 Å². The van der Waals surface area contributed by atoms with Crippen LogP contribution in [0.25, 0.3) is 0 Å². The van der Waals surface area contributed by atoms with Gasteiger partial charge in [0.1, 0.15) is 5.82 Å². The number of piperazine rings is 1. The molecule has 8 heteroatoms. The van der Waals surface area contributed by atoms with Crippen molar-refractivity contribution in [3.63, 3.8) is 0 Å². The second-order valence-electron chi connectivity index (χ2n) is 5.55. The van der Waals surface area contributed by atoms with Crippen molar-refractivity contribution in [3.05, 3.63) is 30.1 Å². The number of hydrogen-bond donors (Lipinski definition) is 2. The van der Waals surface area contributed by atoms with Crippen LogP contribution in [0, 0.1) is 5.82 Å². The third kappa shape index (κ3) is 5.78. The molecule has 1 aromatic carbocycles. The number of ether oxygens (including phenoxy) is 1. The van der Waals surface area contributed by atoms with Crippen molar-refractivity contribution < 1.29 is 18.7 Å². The molecule has 2 rings (SSSR count). The molecule has 132 valence electrons. The number of nitrogens with one attached hydrogen (secondary N) is 2. The minimum atomic E-state index is -0.392. The first-order valence-electron chi connectivity index (χ1n) is 7.88. The zero-order valence-corrected chi connectivity index (χ0v) is 13.8. The Morgan fingerprint density at radius 1 is 1.25 bits per heavy atom. The Labute approximate surface area is 140 Å². The van der Waals surface area contributed by atoms with Crippen molar-refractivity contribution in [1.29, 1.82) is 0 Å². The number of benzene rings is 1. The highest BCUT2D eigenvalue weighted by molar-refractivity contribution is 5.89. The van der Waals surface area contributed by atoms with Crippen molar-refractivity contribution in [1.82, 2.24) is 15.1 Å². The molecule has 1 heterocycles. The standard InChI is InChI=1S/C16H23FN4O3/c1-24-10-5-18-15(22)12-20-6-8-21(9-7-20)16(23)19-14-4-2-3-13(17)11-14/h2-4,11H,5-10,12H2,1H3,(H,18,22)(H,19,23). The van der Waals surface area contributed by atoms with Gasteiger partial charge in [-0.2, -0.15) is 0 Å². The zero-order valence-electron chi connectivity index (χ0n) is 13.8. The van der Waals surface area contributed by atoms with Crippen LogP contribution in [-0.4, -0.2) is 74.7 Å². The van der Waals surface area contributed by atoms with Gasteiger partial charge in [0.05, 0.1) is 13.2 Å². The maximum atomic E-state index is 13.1. The number of methoxy groups -OCH3 is 1. The second-order valence-corrected chi connectivity index (χ2v) is 5.55. The van der Waals surface area contributed by atoms with Crippen LogP contribution in [0.4, 0.5) is 14.9 Å². The first-order chi connectivity index (χ1) is 11.6. The quantitative estimate of drug-likeness (QED) is 0.751. The topological polar surface area (TPSA) is 73.9 Å². The molecule has 3 amide bonds. The first-order valence-corrected chi connectivity index (χ1v) is 7.88. The summed E-state index contributed by atoms with van der Waals surface area (Å²) in [6.45, 7) is 3.57. The van der Waals surface area contributed by atoms with Gasteiger partial charge < -0.3 is 20.3 Å². The molecule has 0 atom stereocenters. The molecule has 0 spiro atoms. The smallest absolute Gasteiger partial charge is 0.321 e. The molecular formula is C16H23FN4O3. The van der Waals surface area contributed by atoms with Gasteiger partial charge in [-0.15, -0.1) is 0 Å². The van der Waals surface area contributed by atoms with Crippen molar-refractivity contribution in [2.24, 2.45) is 0 Å². The van der Waals surface area contributed by atoms with Crippen LogP contribution >= 0.6 is 0 Å². The summed E-state index contributed by atoms with van der Waals surface area (Å²) in [5.41, 5.74) is 0.431. The fraction of sp³-hybridized carbons (Fsp3) is 0.500. The molecule has 0 unspecified atom stereocenters. The molecule has 1 aromatic rings. The van der Waals surface area contributed by atoms with Gasteiger partial charge in [-0.25, -0.2) is 9.18 Å². The molecule has 1 aliphatic heterocycles. The summed E-state index contributed by atoms with van der Waals surface area (Å²) < 4.78 is 18.0. The van der Waals surface area contributed by atoms with Crippen LogP contribution in [0.1, 0.15) is 0 Å². The van der Waals surface area contributed by atoms with Crippen LogP contribution in [0.3, 0.4) is 0 Å². The predicted molar refractivity (Wildman–Crippen MR) is 88.3 cm³/mol. The zero-order chi connectivity index (χ0) is 17.4. The van der Waals surface area contributed by atoms with Gasteiger partial charge in [-0.05, 0) is 18.2 Å². The Morgan fingerprint density at radius 2 is 2.00 bits per heavy atom. The molecule has 0 radical (unpaired) electrons. The molecule has 2 N–H and O–H groups in total. The molecular weight excluding hydrogens is 315 g/mol. The summed E-state index contributed by atoms with van der Waals surface area (Å²) >= 11 is 0. The van der Waals surface area contributed by atoms with Crippen molar-refractivity contribution in [2.75, 3.05) is 58.3 Å². The van der Waals surface area contributed by atoms with E-state index in [0.29, 0.717) is 51.6 Å². The molecule has 0 saturated carbocycles. The number of carbonyl (C=O) groups excluding carboxylic acids is 2. The molecule has 0 bridgehead atoms. The predicted octanol–water partition coefficient (Wildman–Crippen LogP) is 0.738. The number of amides is 3. The number of urea groups is 1. The van der Waals surface area contributed by atoms with E-state index in [1.165, 1.54) is 12.1 Å². The lowest BCUT2D eigenvalue weighted by Gasteiger charge is -2.34. The van der Waals surface area contributed by atoms with Gasteiger partial charge >= 0.3 is 6.03 Å². The summed E-state index contributed by atoms with van der Waals surface area (Å²) in [6, 6.07) is 5.53. The van der Waals surface area contributed by atoms with E-state index in [9.17, 15) is 14.0 Å². The highest BCUT2D eigenvalue weighted by atomic mass is 19.1. The first kappa shape index (κ1) is 18.2. The van der Waals surface area contributed by atoms with E-state index in [4.69, 9.17) is 4.74 Å². The summed E-state index contributed by atoms with van der Waals surface area (Å²) in [4.78, 5) is 27.6. The largest absolute Gasteiger partial charge is 0.383 e. The van der Waals surface area contributed by atoms with Gasteiger partial charge in [-0.3, -0.25) is 9.69 Å². The third-order valence-corrected chi connectivity index (χ3v) is 3.73. The molecule has 1 aliphatic rings. The van der Waals surface area contributed by atoms with Crippen molar-refractivity contribution in [3.8, 4) is 0 Å². The molecule has 0 aliphatic carbocycles. The van der Waals surface area contributed by atoms with Crippen LogP contribution < -0.4 is 10.6 Å². The van der Waals surface area contributed by atoms with Crippen LogP contribution in [0.5, 0.6) is 0 Å². The Bertz CT molecular complexity index is 562. The van der Waals surface area contributed by atoms with Gasteiger partial charge in [-0.1, -0.05) is 6.07 Å². The number of halogens is 1. The van der Waals surface area contributed by atoms with Gasteiger partial charge in [0.25, 0.3) is 0 Å². The average Bonchev–Trinajstić information content (AvgIpc) is 2.55. The van der Waals surface area contributed by atoms with E-state index in [2.05, 4.69) is 10.6 Å². The molecule has 24 heavy (non-hydrogen) atoms. The van der Waals surface area contributed by atoms with E-state index in [1.54, 1.807) is 24.1 Å². The van der Waals surface area contributed by atoms with Crippen LogP contribution in [0.15, 0.2) is 24.3 Å². The fourth-order valence-corrected chi connectivity index (χ4v) is 2.43. The van der Waals surface area contributed by atoms with E-state index < -0.39 is 5.82 Å². The van der Waals surface area contributed by atoms with Gasteiger partial charge in [0.2, 0.25) is 5.91 Å². The summed E-state index contributed by atoms with van der Waals surface area (Å²) in [7, 11) is 1.58. The summed E-state index contributed by atoms with van der Waals surface area (Å²) in [6.07, 6.45) is 0. The normalized spacial score (nSPS) is 15.2. The van der Waals surface area contributed by atoms with Gasteiger partial charge in [0, 0.05) is 45.5 Å². The Morgan fingerprint density at radius 3 is 2.67 bits per heavy atom. The highest BCUT2D eigenvalue weighted by Gasteiger charge is 2.22. The van der Waals surface area contributed by atoms with E-state index in [0.717, 1.165) is 0 Å². The minimum absolute atomic E-state index is 0.0512. The average molecular weight is 338 g/mol. The number of rotatable bonds is 6. The minimum Gasteiger partial charge on any atom is -0.383 e. The lowest BCUT2D eigenvalue weighted by Crippen LogP contribution is -2.52. The second kappa shape index (κ2) is 9.19.